The minimum atomic E-state index is -1.88. The van der Waals surface area contributed by atoms with Crippen molar-refractivity contribution in [3.63, 3.8) is 0 Å². The van der Waals surface area contributed by atoms with Crippen LogP contribution in [0.3, 0.4) is 0 Å². The zero-order valence-electron chi connectivity index (χ0n) is 17.9. The highest BCUT2D eigenvalue weighted by molar-refractivity contribution is 7.85. The molecule has 1 atom stereocenters. The Morgan fingerprint density at radius 3 is 2.31 bits per heavy atom. The molecule has 0 aliphatic carbocycles. The second kappa shape index (κ2) is 9.33. The molecule has 0 radical (unpaired) electrons. The first-order valence-electron chi connectivity index (χ1n) is 9.48. The van der Waals surface area contributed by atoms with E-state index >= 15 is 0 Å². The third kappa shape index (κ3) is 5.62. The van der Waals surface area contributed by atoms with Crippen molar-refractivity contribution in [2.75, 3.05) is 13.2 Å². The number of benzene rings is 1. The number of nitrogens with zero attached hydrogens (tertiary/aromatic N) is 1. The molecular formula is C20H30N2O5SSi. The smallest absolute Gasteiger partial charge is 0.331 e. The summed E-state index contributed by atoms with van der Waals surface area (Å²) in [5.74, 6) is 0. The SMILES string of the molecule is Cc1c(S(=O)c2ccccc2)n(COCCO[Si](C)(C)C(C)(C)C)c(=O)[nH]c1=O. The molecule has 0 saturated carbocycles. The summed E-state index contributed by atoms with van der Waals surface area (Å²) < 4.78 is 26.0. The van der Waals surface area contributed by atoms with Crippen LogP contribution in [0, 0.1) is 6.92 Å². The molecule has 0 aliphatic heterocycles. The molecule has 1 aromatic carbocycles. The minimum Gasteiger partial charge on any atom is -0.414 e. The van der Waals surface area contributed by atoms with Crippen molar-refractivity contribution in [2.45, 2.75) is 62.5 Å². The predicted octanol–water partition coefficient (Wildman–Crippen LogP) is 3.01. The second-order valence-electron chi connectivity index (χ2n) is 8.35. The number of nitrogens with one attached hydrogen (secondary N) is 1. The first kappa shape index (κ1) is 23.5. The average molecular weight is 439 g/mol. The maximum Gasteiger partial charge on any atom is 0.331 e. The standard InChI is InChI=1S/C20H30N2O5SSi/c1-15-17(23)21-19(24)22(18(15)28(25)16-10-8-7-9-11-16)14-26-12-13-27-29(5,6)20(2,3)4/h7-11H,12-14H2,1-6H3,(H,21,23,24). The molecule has 160 valence electrons. The Hall–Kier alpha value is -1.81. The van der Waals surface area contributed by atoms with Gasteiger partial charge in [-0.25, -0.2) is 9.00 Å². The van der Waals surface area contributed by atoms with Crippen LogP contribution < -0.4 is 11.2 Å². The molecule has 1 aromatic heterocycles. The van der Waals surface area contributed by atoms with E-state index in [-0.39, 0.29) is 29.0 Å². The van der Waals surface area contributed by atoms with E-state index in [1.165, 1.54) is 4.57 Å². The fraction of sp³-hybridized carbons (Fsp3) is 0.500. The molecule has 0 saturated heterocycles. The number of aromatic nitrogens is 2. The van der Waals surface area contributed by atoms with Gasteiger partial charge >= 0.3 is 5.69 Å². The summed E-state index contributed by atoms with van der Waals surface area (Å²) in [6.07, 6.45) is 0. The molecule has 0 fully saturated rings. The predicted molar refractivity (Wildman–Crippen MR) is 116 cm³/mol. The monoisotopic (exact) mass is 438 g/mol. The molecule has 0 spiro atoms. The Bertz CT molecular complexity index is 977. The third-order valence-corrected chi connectivity index (χ3v) is 11.3. The van der Waals surface area contributed by atoms with E-state index in [4.69, 9.17) is 9.16 Å². The van der Waals surface area contributed by atoms with Crippen molar-refractivity contribution in [2.24, 2.45) is 0 Å². The van der Waals surface area contributed by atoms with Crippen molar-refractivity contribution >= 4 is 19.1 Å². The molecule has 2 aromatic rings. The fourth-order valence-electron chi connectivity index (χ4n) is 2.39. The van der Waals surface area contributed by atoms with Crippen LogP contribution in [0.15, 0.2) is 49.8 Å². The van der Waals surface area contributed by atoms with E-state index in [1.54, 1.807) is 31.2 Å². The van der Waals surface area contributed by atoms with Gasteiger partial charge in [-0.15, -0.1) is 0 Å². The van der Waals surface area contributed by atoms with Gasteiger partial charge < -0.3 is 9.16 Å². The Balaban J connectivity index is 2.17. The van der Waals surface area contributed by atoms with Crippen molar-refractivity contribution in [3.8, 4) is 0 Å². The Labute approximate surface area is 174 Å². The highest BCUT2D eigenvalue weighted by Crippen LogP contribution is 2.36. The van der Waals surface area contributed by atoms with E-state index in [0.717, 1.165) is 0 Å². The van der Waals surface area contributed by atoms with Gasteiger partial charge in [0, 0.05) is 10.5 Å². The van der Waals surface area contributed by atoms with Gasteiger partial charge in [-0.3, -0.25) is 14.3 Å². The van der Waals surface area contributed by atoms with Crippen molar-refractivity contribution in [1.82, 2.24) is 9.55 Å². The lowest BCUT2D eigenvalue weighted by molar-refractivity contribution is 0.0434. The topological polar surface area (TPSA) is 90.4 Å². The molecule has 0 amide bonds. The van der Waals surface area contributed by atoms with E-state index in [0.29, 0.717) is 11.5 Å². The third-order valence-electron chi connectivity index (χ3n) is 5.22. The van der Waals surface area contributed by atoms with E-state index < -0.39 is 30.4 Å². The number of rotatable bonds is 8. The molecule has 1 unspecified atom stereocenters. The molecule has 7 nitrogen and oxygen atoms in total. The summed E-state index contributed by atoms with van der Waals surface area (Å²) in [6, 6.07) is 8.71. The van der Waals surface area contributed by atoms with E-state index in [2.05, 4.69) is 38.8 Å². The summed E-state index contributed by atoms with van der Waals surface area (Å²) in [4.78, 5) is 27.2. The summed E-state index contributed by atoms with van der Waals surface area (Å²) in [5, 5.41) is 0.245. The van der Waals surface area contributed by atoms with Crippen molar-refractivity contribution in [3.05, 3.63) is 56.7 Å². The van der Waals surface area contributed by atoms with Gasteiger partial charge in [0.15, 0.2) is 8.32 Å². The fourth-order valence-corrected chi connectivity index (χ4v) is 4.75. The van der Waals surface area contributed by atoms with Gasteiger partial charge in [-0.1, -0.05) is 39.0 Å². The summed E-state index contributed by atoms with van der Waals surface area (Å²) >= 11 is 0. The molecule has 1 N–H and O–H groups in total. The van der Waals surface area contributed by atoms with Crippen molar-refractivity contribution in [1.29, 1.82) is 0 Å². The maximum absolute atomic E-state index is 13.0. The van der Waals surface area contributed by atoms with Gasteiger partial charge in [0.1, 0.15) is 22.6 Å². The lowest BCUT2D eigenvalue weighted by atomic mass is 10.2. The molecule has 1 heterocycles. The number of aromatic amines is 1. The average Bonchev–Trinajstić information content (AvgIpc) is 2.64. The summed E-state index contributed by atoms with van der Waals surface area (Å²) in [6.45, 7) is 12.9. The van der Waals surface area contributed by atoms with Crippen LogP contribution in [-0.2, 0) is 26.7 Å². The van der Waals surface area contributed by atoms with Gasteiger partial charge in [0.25, 0.3) is 5.56 Å². The van der Waals surface area contributed by atoms with Crippen LogP contribution in [0.1, 0.15) is 26.3 Å². The number of hydrogen-bond acceptors (Lipinski definition) is 5. The zero-order chi connectivity index (χ0) is 21.8. The van der Waals surface area contributed by atoms with Crippen LogP contribution in [0.4, 0.5) is 0 Å². The zero-order valence-corrected chi connectivity index (χ0v) is 19.7. The van der Waals surface area contributed by atoms with Crippen molar-refractivity contribution < 1.29 is 13.4 Å². The second-order valence-corrected chi connectivity index (χ2v) is 14.6. The van der Waals surface area contributed by atoms with Crippen LogP contribution >= 0.6 is 0 Å². The van der Waals surface area contributed by atoms with Crippen LogP contribution in [-0.4, -0.2) is 35.3 Å². The van der Waals surface area contributed by atoms with Gasteiger partial charge in [0.05, 0.1) is 13.2 Å². The first-order valence-corrected chi connectivity index (χ1v) is 13.5. The largest absolute Gasteiger partial charge is 0.414 e. The van der Waals surface area contributed by atoms with Gasteiger partial charge in [0.2, 0.25) is 0 Å². The Kier molecular flexibility index (Phi) is 7.55. The lowest BCUT2D eigenvalue weighted by Gasteiger charge is -2.36. The molecule has 0 aliphatic rings. The summed E-state index contributed by atoms with van der Waals surface area (Å²) in [7, 11) is -3.56. The minimum absolute atomic E-state index is 0.0969. The van der Waals surface area contributed by atoms with E-state index in [1.807, 2.05) is 6.07 Å². The molecule has 29 heavy (non-hydrogen) atoms. The number of ether oxygens (including phenoxy) is 1. The Morgan fingerprint density at radius 1 is 1.10 bits per heavy atom. The molecule has 9 heteroatoms. The molecular weight excluding hydrogens is 408 g/mol. The van der Waals surface area contributed by atoms with Gasteiger partial charge in [-0.2, -0.15) is 0 Å². The highest BCUT2D eigenvalue weighted by atomic mass is 32.2. The normalized spacial score (nSPS) is 13.4. The number of H-pyrrole nitrogens is 1. The first-order chi connectivity index (χ1) is 13.5. The van der Waals surface area contributed by atoms with E-state index in [9.17, 15) is 13.8 Å². The summed E-state index contributed by atoms with van der Waals surface area (Å²) in [5.41, 5.74) is -0.968. The van der Waals surface area contributed by atoms with Crippen LogP contribution in [0.2, 0.25) is 18.1 Å². The molecule has 2 rings (SSSR count). The lowest BCUT2D eigenvalue weighted by Crippen LogP contribution is -2.41. The quantitative estimate of drug-likeness (QED) is 0.389. The number of hydrogen-bond donors (Lipinski definition) is 1. The van der Waals surface area contributed by atoms with Crippen LogP contribution in [0.25, 0.3) is 0 Å². The maximum atomic E-state index is 13.0. The van der Waals surface area contributed by atoms with Crippen LogP contribution in [0.5, 0.6) is 0 Å². The Morgan fingerprint density at radius 2 is 1.72 bits per heavy atom. The van der Waals surface area contributed by atoms with Gasteiger partial charge in [-0.05, 0) is 37.2 Å². The molecule has 0 bridgehead atoms. The highest BCUT2D eigenvalue weighted by Gasteiger charge is 2.36.